The molecule has 2 amide bonds. The van der Waals surface area contributed by atoms with E-state index >= 15 is 0 Å². The van der Waals surface area contributed by atoms with E-state index in [1.54, 1.807) is 20.3 Å². The first-order valence-electron chi connectivity index (χ1n) is 9.59. The van der Waals surface area contributed by atoms with Gasteiger partial charge in [-0.2, -0.15) is 0 Å². The van der Waals surface area contributed by atoms with E-state index in [4.69, 9.17) is 9.47 Å². The van der Waals surface area contributed by atoms with Crippen LogP contribution in [-0.2, 0) is 9.53 Å². The van der Waals surface area contributed by atoms with E-state index in [2.05, 4.69) is 4.90 Å². The maximum atomic E-state index is 12.9. The summed E-state index contributed by atoms with van der Waals surface area (Å²) in [5, 5.41) is 0. The van der Waals surface area contributed by atoms with Crippen molar-refractivity contribution < 1.29 is 19.1 Å². The molecule has 7 nitrogen and oxygen atoms in total. The Kier molecular flexibility index (Phi) is 6.68. The first-order chi connectivity index (χ1) is 13.2. The minimum Gasteiger partial charge on any atom is -0.496 e. The minimum absolute atomic E-state index is 0.00577. The van der Waals surface area contributed by atoms with Gasteiger partial charge in [0.05, 0.1) is 25.3 Å². The monoisotopic (exact) mass is 375 g/mol. The van der Waals surface area contributed by atoms with Gasteiger partial charge in [0, 0.05) is 46.4 Å². The summed E-state index contributed by atoms with van der Waals surface area (Å²) in [7, 11) is 3.23. The largest absolute Gasteiger partial charge is 0.496 e. The summed E-state index contributed by atoms with van der Waals surface area (Å²) < 4.78 is 10.4. The van der Waals surface area contributed by atoms with Crippen LogP contribution in [0.15, 0.2) is 24.3 Å². The van der Waals surface area contributed by atoms with Gasteiger partial charge in [-0.3, -0.25) is 14.5 Å². The molecule has 0 saturated carbocycles. The van der Waals surface area contributed by atoms with Crippen molar-refractivity contribution in [2.45, 2.75) is 18.9 Å². The fraction of sp³-hybridized carbons (Fsp3) is 0.600. The third-order valence-corrected chi connectivity index (χ3v) is 5.43. The summed E-state index contributed by atoms with van der Waals surface area (Å²) in [6.45, 7) is 4.88. The standard InChI is InChI=1S/C20H29N3O4/c1-26-15-14-23-11-8-17(20(23)25)21-9-5-10-22(13-12-21)19(24)16-6-3-4-7-18(16)27-2/h3-4,6-7,17H,5,8-15H2,1-2H3. The quantitative estimate of drug-likeness (QED) is 0.745. The molecule has 2 saturated heterocycles. The third kappa shape index (κ3) is 4.42. The summed E-state index contributed by atoms with van der Waals surface area (Å²) in [5.74, 6) is 0.786. The van der Waals surface area contributed by atoms with Gasteiger partial charge in [-0.15, -0.1) is 0 Å². The number of hydrogen-bond donors (Lipinski definition) is 0. The van der Waals surface area contributed by atoms with Crippen LogP contribution in [0.1, 0.15) is 23.2 Å². The van der Waals surface area contributed by atoms with Crippen LogP contribution in [0.5, 0.6) is 5.75 Å². The van der Waals surface area contributed by atoms with E-state index < -0.39 is 0 Å². The highest BCUT2D eigenvalue weighted by Gasteiger charge is 2.36. The Morgan fingerprint density at radius 3 is 2.70 bits per heavy atom. The van der Waals surface area contributed by atoms with Gasteiger partial charge in [-0.25, -0.2) is 0 Å². The molecule has 0 spiro atoms. The van der Waals surface area contributed by atoms with Gasteiger partial charge in [0.1, 0.15) is 5.75 Å². The number of rotatable bonds is 6. The van der Waals surface area contributed by atoms with Crippen LogP contribution in [-0.4, -0.2) is 92.7 Å². The topological polar surface area (TPSA) is 62.3 Å². The van der Waals surface area contributed by atoms with Crippen molar-refractivity contribution in [3.05, 3.63) is 29.8 Å². The Morgan fingerprint density at radius 2 is 1.93 bits per heavy atom. The fourth-order valence-corrected chi connectivity index (χ4v) is 3.93. The second-order valence-corrected chi connectivity index (χ2v) is 7.00. The molecule has 7 heteroatoms. The predicted octanol–water partition coefficient (Wildman–Crippen LogP) is 1.09. The van der Waals surface area contributed by atoms with Crippen LogP contribution >= 0.6 is 0 Å². The first kappa shape index (κ1) is 19.6. The molecule has 2 aliphatic rings. The lowest BCUT2D eigenvalue weighted by Gasteiger charge is -2.26. The molecule has 2 fully saturated rings. The molecule has 0 bridgehead atoms. The molecule has 2 aliphatic heterocycles. The maximum Gasteiger partial charge on any atom is 0.257 e. The van der Waals surface area contributed by atoms with Crippen LogP contribution in [0.4, 0.5) is 0 Å². The predicted molar refractivity (Wildman–Crippen MR) is 102 cm³/mol. The van der Waals surface area contributed by atoms with Crippen LogP contribution < -0.4 is 4.74 Å². The zero-order valence-corrected chi connectivity index (χ0v) is 16.2. The number of benzene rings is 1. The highest BCUT2D eigenvalue weighted by Crippen LogP contribution is 2.22. The molecule has 148 valence electrons. The molecule has 0 N–H and O–H groups in total. The molecule has 1 unspecified atom stereocenters. The second-order valence-electron chi connectivity index (χ2n) is 7.00. The Labute approximate surface area is 160 Å². The van der Waals surface area contributed by atoms with Gasteiger partial charge >= 0.3 is 0 Å². The van der Waals surface area contributed by atoms with Crippen molar-refractivity contribution in [2.24, 2.45) is 0 Å². The molecule has 0 radical (unpaired) electrons. The molecule has 1 aromatic carbocycles. The Hall–Kier alpha value is -2.12. The molecular weight excluding hydrogens is 346 g/mol. The van der Waals surface area contributed by atoms with E-state index in [-0.39, 0.29) is 17.9 Å². The van der Waals surface area contributed by atoms with Gasteiger partial charge in [0.25, 0.3) is 5.91 Å². The number of amides is 2. The number of carbonyl (C=O) groups excluding carboxylic acids is 2. The fourth-order valence-electron chi connectivity index (χ4n) is 3.93. The van der Waals surface area contributed by atoms with Crippen LogP contribution in [0.25, 0.3) is 0 Å². The third-order valence-electron chi connectivity index (χ3n) is 5.43. The van der Waals surface area contributed by atoms with Crippen molar-refractivity contribution in [2.75, 3.05) is 60.1 Å². The van der Waals surface area contributed by atoms with Crippen molar-refractivity contribution >= 4 is 11.8 Å². The summed E-state index contributed by atoms with van der Waals surface area (Å²) in [5.41, 5.74) is 0.594. The number of methoxy groups -OCH3 is 2. The van der Waals surface area contributed by atoms with Crippen molar-refractivity contribution in [3.8, 4) is 5.75 Å². The van der Waals surface area contributed by atoms with E-state index in [0.29, 0.717) is 37.6 Å². The number of ether oxygens (including phenoxy) is 2. The van der Waals surface area contributed by atoms with Crippen LogP contribution in [0.3, 0.4) is 0 Å². The number of likely N-dealkylation sites (tertiary alicyclic amines) is 1. The zero-order chi connectivity index (χ0) is 19.2. The van der Waals surface area contributed by atoms with Gasteiger partial charge in [0.15, 0.2) is 0 Å². The number of hydrogen-bond acceptors (Lipinski definition) is 5. The summed E-state index contributed by atoms with van der Waals surface area (Å²) >= 11 is 0. The van der Waals surface area contributed by atoms with Crippen molar-refractivity contribution in [1.82, 2.24) is 14.7 Å². The Balaban J connectivity index is 1.61. The smallest absolute Gasteiger partial charge is 0.257 e. The average molecular weight is 375 g/mol. The molecule has 1 atom stereocenters. The normalized spacial score (nSPS) is 21.4. The highest BCUT2D eigenvalue weighted by atomic mass is 16.5. The summed E-state index contributed by atoms with van der Waals surface area (Å²) in [6, 6.07) is 7.26. The zero-order valence-electron chi connectivity index (χ0n) is 16.2. The molecular formula is C20H29N3O4. The summed E-state index contributed by atoms with van der Waals surface area (Å²) in [6.07, 6.45) is 1.71. The Bertz CT molecular complexity index is 666. The molecule has 3 rings (SSSR count). The van der Waals surface area contributed by atoms with Gasteiger partial charge < -0.3 is 19.3 Å². The number of nitrogens with zero attached hydrogens (tertiary/aromatic N) is 3. The van der Waals surface area contributed by atoms with Crippen molar-refractivity contribution in [3.63, 3.8) is 0 Å². The highest BCUT2D eigenvalue weighted by molar-refractivity contribution is 5.97. The molecule has 0 aromatic heterocycles. The van der Waals surface area contributed by atoms with E-state index in [0.717, 1.165) is 32.5 Å². The van der Waals surface area contributed by atoms with Gasteiger partial charge in [0.2, 0.25) is 5.91 Å². The lowest BCUT2D eigenvalue weighted by Crippen LogP contribution is -2.44. The number of carbonyl (C=O) groups is 2. The second kappa shape index (κ2) is 9.19. The summed E-state index contributed by atoms with van der Waals surface area (Å²) in [4.78, 5) is 31.6. The SMILES string of the molecule is COCCN1CCC(N2CCCN(C(=O)c3ccccc3OC)CC2)C1=O. The molecule has 2 heterocycles. The van der Waals surface area contributed by atoms with E-state index in [1.165, 1.54) is 0 Å². The lowest BCUT2D eigenvalue weighted by molar-refractivity contribution is -0.132. The van der Waals surface area contributed by atoms with Gasteiger partial charge in [-0.05, 0) is 25.0 Å². The molecule has 27 heavy (non-hydrogen) atoms. The van der Waals surface area contributed by atoms with Gasteiger partial charge in [-0.1, -0.05) is 12.1 Å². The molecule has 1 aromatic rings. The maximum absolute atomic E-state index is 12.9. The van der Waals surface area contributed by atoms with Crippen LogP contribution in [0, 0.1) is 0 Å². The van der Waals surface area contributed by atoms with E-state index in [9.17, 15) is 9.59 Å². The molecule has 0 aliphatic carbocycles. The minimum atomic E-state index is -0.0665. The average Bonchev–Trinajstić information content (AvgIpc) is 2.91. The van der Waals surface area contributed by atoms with E-state index in [1.807, 2.05) is 28.0 Å². The van der Waals surface area contributed by atoms with Crippen molar-refractivity contribution in [1.29, 1.82) is 0 Å². The number of para-hydroxylation sites is 1. The first-order valence-corrected chi connectivity index (χ1v) is 9.59. The van der Waals surface area contributed by atoms with Crippen LogP contribution in [0.2, 0.25) is 0 Å². The Morgan fingerprint density at radius 1 is 1.11 bits per heavy atom. The lowest BCUT2D eigenvalue weighted by atomic mass is 10.1.